The number of ketones is 1. The Morgan fingerprint density at radius 2 is 2.05 bits per heavy atom. The number of nitrogens with one attached hydrogen (secondary N) is 1. The Kier molecular flexibility index (Phi) is 5.23. The van der Waals surface area contributed by atoms with Crippen LogP contribution in [0.4, 0.5) is 0 Å². The van der Waals surface area contributed by atoms with Crippen molar-refractivity contribution in [3.8, 4) is 0 Å². The highest BCUT2D eigenvalue weighted by molar-refractivity contribution is 7.12. The van der Waals surface area contributed by atoms with Crippen molar-refractivity contribution in [3.63, 3.8) is 0 Å². The number of Topliss-reactive ketones (excluding diaryl/α,β-unsaturated/α-hetero) is 1. The number of rotatable bonds is 5. The minimum absolute atomic E-state index is 0.0844. The van der Waals surface area contributed by atoms with Crippen molar-refractivity contribution in [3.05, 3.63) is 22.4 Å². The zero-order chi connectivity index (χ0) is 15.4. The van der Waals surface area contributed by atoms with E-state index in [1.165, 1.54) is 11.3 Å². The van der Waals surface area contributed by atoms with Gasteiger partial charge in [-0.2, -0.15) is 0 Å². The van der Waals surface area contributed by atoms with Gasteiger partial charge in [0.1, 0.15) is 0 Å². The molecule has 1 atom stereocenters. The smallest absolute Gasteiger partial charge is 0.223 e. The van der Waals surface area contributed by atoms with Crippen LogP contribution >= 0.6 is 11.3 Å². The topological polar surface area (TPSA) is 52.7 Å². The van der Waals surface area contributed by atoms with E-state index in [4.69, 9.17) is 0 Å². The second-order valence-corrected chi connectivity index (χ2v) is 6.92. The zero-order valence-corrected chi connectivity index (χ0v) is 13.6. The summed E-state index contributed by atoms with van der Waals surface area (Å²) in [5.74, 6) is 0.212. The molecule has 2 aliphatic rings. The van der Waals surface area contributed by atoms with Crippen LogP contribution in [0.3, 0.4) is 0 Å². The van der Waals surface area contributed by atoms with E-state index in [1.807, 2.05) is 22.4 Å². The van der Waals surface area contributed by atoms with Crippen LogP contribution in [-0.4, -0.2) is 66.8 Å². The van der Waals surface area contributed by atoms with Crippen LogP contribution < -0.4 is 5.32 Å². The maximum atomic E-state index is 12.3. The molecule has 1 aromatic heterocycles. The first-order valence-electron chi connectivity index (χ1n) is 8.03. The first kappa shape index (κ1) is 15.6. The van der Waals surface area contributed by atoms with Crippen molar-refractivity contribution in [1.29, 1.82) is 0 Å². The van der Waals surface area contributed by atoms with E-state index in [0.29, 0.717) is 18.9 Å². The lowest BCUT2D eigenvalue weighted by Crippen LogP contribution is -2.49. The van der Waals surface area contributed by atoms with Gasteiger partial charge in [-0.15, -0.1) is 11.3 Å². The molecule has 1 aromatic rings. The van der Waals surface area contributed by atoms with Gasteiger partial charge in [0.05, 0.1) is 4.88 Å². The average Bonchev–Trinajstić information content (AvgIpc) is 3.24. The average molecular weight is 321 g/mol. The van der Waals surface area contributed by atoms with E-state index in [9.17, 15) is 9.59 Å². The summed E-state index contributed by atoms with van der Waals surface area (Å²) < 4.78 is 0. The lowest BCUT2D eigenvalue weighted by atomic mass is 10.2. The van der Waals surface area contributed by atoms with Gasteiger partial charge in [-0.3, -0.25) is 14.5 Å². The molecule has 0 aromatic carbocycles. The van der Waals surface area contributed by atoms with Gasteiger partial charge in [0.25, 0.3) is 0 Å². The van der Waals surface area contributed by atoms with Crippen LogP contribution in [0.1, 0.15) is 28.9 Å². The molecule has 6 heteroatoms. The highest BCUT2D eigenvalue weighted by atomic mass is 32.1. The van der Waals surface area contributed by atoms with Crippen LogP contribution in [0.2, 0.25) is 0 Å². The van der Waals surface area contributed by atoms with E-state index in [1.54, 1.807) is 0 Å². The van der Waals surface area contributed by atoms with Crippen molar-refractivity contribution < 1.29 is 9.59 Å². The van der Waals surface area contributed by atoms with Crippen molar-refractivity contribution in [2.45, 2.75) is 25.3 Å². The summed E-state index contributed by atoms with van der Waals surface area (Å²) in [7, 11) is 0. The molecular weight excluding hydrogens is 298 g/mol. The predicted octanol–water partition coefficient (Wildman–Crippen LogP) is 1.22. The first-order valence-corrected chi connectivity index (χ1v) is 8.91. The Labute approximate surface area is 135 Å². The molecule has 3 heterocycles. The van der Waals surface area contributed by atoms with E-state index in [-0.39, 0.29) is 11.7 Å². The van der Waals surface area contributed by atoms with E-state index in [2.05, 4.69) is 10.2 Å². The maximum absolute atomic E-state index is 12.3. The fourth-order valence-corrected chi connectivity index (χ4v) is 3.95. The molecule has 0 aliphatic carbocycles. The fourth-order valence-electron chi connectivity index (χ4n) is 3.25. The van der Waals surface area contributed by atoms with Crippen LogP contribution in [-0.2, 0) is 4.79 Å². The number of piperazine rings is 1. The zero-order valence-electron chi connectivity index (χ0n) is 12.8. The monoisotopic (exact) mass is 321 g/mol. The van der Waals surface area contributed by atoms with Gasteiger partial charge in [-0.25, -0.2) is 0 Å². The Balaban J connectivity index is 1.44. The Hall–Kier alpha value is -1.24. The number of thiophene rings is 1. The van der Waals surface area contributed by atoms with Gasteiger partial charge in [0.15, 0.2) is 5.78 Å². The minimum atomic E-state index is 0.0844. The SMILES string of the molecule is O=C(CCC(=O)N1CCC(N2CCNCC2)C1)c1cccs1. The maximum Gasteiger partial charge on any atom is 0.223 e. The second kappa shape index (κ2) is 7.35. The molecule has 5 nitrogen and oxygen atoms in total. The van der Waals surface area contributed by atoms with Gasteiger partial charge >= 0.3 is 0 Å². The third kappa shape index (κ3) is 3.74. The van der Waals surface area contributed by atoms with E-state index >= 15 is 0 Å². The molecule has 0 saturated carbocycles. The quantitative estimate of drug-likeness (QED) is 0.829. The summed E-state index contributed by atoms with van der Waals surface area (Å²) >= 11 is 1.45. The van der Waals surface area contributed by atoms with Crippen LogP contribution in [0, 0.1) is 0 Å². The van der Waals surface area contributed by atoms with Gasteiger partial charge in [0.2, 0.25) is 5.91 Å². The number of amides is 1. The van der Waals surface area contributed by atoms with Crippen LogP contribution in [0.5, 0.6) is 0 Å². The molecule has 0 radical (unpaired) electrons. The first-order chi connectivity index (χ1) is 10.7. The van der Waals surface area contributed by atoms with Gasteiger partial charge in [0, 0.05) is 58.2 Å². The van der Waals surface area contributed by atoms with Crippen LogP contribution in [0.15, 0.2) is 17.5 Å². The van der Waals surface area contributed by atoms with Crippen LogP contribution in [0.25, 0.3) is 0 Å². The fraction of sp³-hybridized carbons (Fsp3) is 0.625. The number of carbonyl (C=O) groups is 2. The highest BCUT2D eigenvalue weighted by Gasteiger charge is 2.30. The second-order valence-electron chi connectivity index (χ2n) is 5.97. The summed E-state index contributed by atoms with van der Waals surface area (Å²) in [4.78, 5) is 29.4. The standard InChI is InChI=1S/C16H23N3O2S/c20-14(15-2-1-11-22-15)3-4-16(21)19-8-5-13(12-19)18-9-6-17-7-10-18/h1-2,11,13,17H,3-10,12H2. The molecule has 1 unspecified atom stereocenters. The number of hydrogen-bond donors (Lipinski definition) is 1. The summed E-state index contributed by atoms with van der Waals surface area (Å²) in [6, 6.07) is 4.20. The molecule has 22 heavy (non-hydrogen) atoms. The summed E-state index contributed by atoms with van der Waals surface area (Å²) in [5.41, 5.74) is 0. The molecule has 0 spiro atoms. The number of hydrogen-bond acceptors (Lipinski definition) is 5. The summed E-state index contributed by atoms with van der Waals surface area (Å²) in [5, 5.41) is 5.26. The summed E-state index contributed by atoms with van der Waals surface area (Å²) in [6.07, 6.45) is 1.73. The van der Waals surface area contributed by atoms with E-state index < -0.39 is 0 Å². The van der Waals surface area contributed by atoms with Crippen molar-refractivity contribution in [1.82, 2.24) is 15.1 Å². The van der Waals surface area contributed by atoms with Crippen molar-refractivity contribution in [2.24, 2.45) is 0 Å². The molecule has 2 fully saturated rings. The molecule has 2 aliphatic heterocycles. The number of carbonyl (C=O) groups excluding carboxylic acids is 2. The van der Waals surface area contributed by atoms with Crippen molar-refractivity contribution in [2.75, 3.05) is 39.3 Å². The molecule has 3 rings (SSSR count). The van der Waals surface area contributed by atoms with Gasteiger partial charge < -0.3 is 10.2 Å². The molecule has 0 bridgehead atoms. The minimum Gasteiger partial charge on any atom is -0.341 e. The Morgan fingerprint density at radius 1 is 1.23 bits per heavy atom. The number of likely N-dealkylation sites (tertiary alicyclic amines) is 1. The molecular formula is C16H23N3O2S. The normalized spacial score (nSPS) is 22.9. The number of nitrogens with zero attached hydrogens (tertiary/aromatic N) is 2. The van der Waals surface area contributed by atoms with E-state index in [0.717, 1.165) is 50.6 Å². The van der Waals surface area contributed by atoms with Crippen molar-refractivity contribution >= 4 is 23.0 Å². The molecule has 2 saturated heterocycles. The third-order valence-electron chi connectivity index (χ3n) is 4.55. The molecule has 1 amide bonds. The third-order valence-corrected chi connectivity index (χ3v) is 5.46. The Morgan fingerprint density at radius 3 is 2.77 bits per heavy atom. The Bertz CT molecular complexity index is 511. The van der Waals surface area contributed by atoms with Gasteiger partial charge in [-0.05, 0) is 17.9 Å². The lowest BCUT2D eigenvalue weighted by molar-refractivity contribution is -0.130. The lowest BCUT2D eigenvalue weighted by Gasteiger charge is -2.32. The summed E-state index contributed by atoms with van der Waals surface area (Å²) in [6.45, 7) is 5.89. The predicted molar refractivity (Wildman–Crippen MR) is 87.3 cm³/mol. The highest BCUT2D eigenvalue weighted by Crippen LogP contribution is 2.18. The molecule has 1 N–H and O–H groups in total. The molecule has 120 valence electrons. The van der Waals surface area contributed by atoms with Gasteiger partial charge in [-0.1, -0.05) is 6.07 Å². The largest absolute Gasteiger partial charge is 0.341 e.